The fourth-order valence-electron chi connectivity index (χ4n) is 3.71. The number of para-hydroxylation sites is 2. The third-order valence-electron chi connectivity index (χ3n) is 4.75. The van der Waals surface area contributed by atoms with Gasteiger partial charge >= 0.3 is 17.8 Å². The van der Waals surface area contributed by atoms with E-state index in [1.54, 1.807) is 11.9 Å². The van der Waals surface area contributed by atoms with Crippen LogP contribution in [0.1, 0.15) is 19.8 Å². The first-order chi connectivity index (χ1) is 12.0. The molecule has 1 aromatic carbocycles. The van der Waals surface area contributed by atoms with Crippen LogP contribution in [0.2, 0.25) is 0 Å². The lowest BCUT2D eigenvalue weighted by molar-refractivity contribution is -0.237. The summed E-state index contributed by atoms with van der Waals surface area (Å²) in [6, 6.07) is 7.34. The van der Waals surface area contributed by atoms with Crippen molar-refractivity contribution in [1.29, 1.82) is 0 Å². The molecule has 0 saturated carbocycles. The van der Waals surface area contributed by atoms with Crippen molar-refractivity contribution >= 4 is 23.5 Å². The lowest BCUT2D eigenvalue weighted by atomic mass is 9.88. The average molecular weight is 345 g/mol. The monoisotopic (exact) mass is 345 g/mol. The molecule has 1 spiro atoms. The quantitative estimate of drug-likeness (QED) is 0.640. The van der Waals surface area contributed by atoms with Gasteiger partial charge < -0.3 is 19.5 Å². The molecule has 25 heavy (non-hydrogen) atoms. The van der Waals surface area contributed by atoms with Crippen LogP contribution in [0.5, 0.6) is 5.75 Å². The van der Waals surface area contributed by atoms with Gasteiger partial charge in [0, 0.05) is 20.0 Å². The molecular weight excluding hydrogens is 326 g/mol. The van der Waals surface area contributed by atoms with Crippen LogP contribution in [0.3, 0.4) is 0 Å². The predicted molar refractivity (Wildman–Crippen MR) is 88.3 cm³/mol. The van der Waals surface area contributed by atoms with Gasteiger partial charge in [0.25, 0.3) is 5.60 Å². The highest BCUT2D eigenvalue weighted by Gasteiger charge is 2.72. The molecule has 1 aromatic rings. The Morgan fingerprint density at radius 1 is 1.20 bits per heavy atom. The number of aliphatic imine (C=N–C) groups is 1. The van der Waals surface area contributed by atoms with E-state index in [1.807, 2.05) is 31.2 Å². The van der Waals surface area contributed by atoms with E-state index >= 15 is 0 Å². The minimum atomic E-state index is -1.73. The molecule has 1 fully saturated rings. The van der Waals surface area contributed by atoms with Crippen molar-refractivity contribution in [3.63, 3.8) is 0 Å². The Morgan fingerprint density at radius 2 is 1.92 bits per heavy atom. The van der Waals surface area contributed by atoms with Crippen LogP contribution in [-0.4, -0.2) is 49.4 Å². The molecule has 3 aliphatic heterocycles. The van der Waals surface area contributed by atoms with Crippen LogP contribution in [0.25, 0.3) is 0 Å². The topological polar surface area (TPSA) is 89.5 Å². The Balaban J connectivity index is 1.96. The van der Waals surface area contributed by atoms with Crippen molar-refractivity contribution in [3.05, 3.63) is 24.3 Å². The van der Waals surface area contributed by atoms with Gasteiger partial charge in [-0.25, -0.2) is 9.59 Å². The number of carbonyl (C=O) groups is 2. The number of hydrogen-bond donors (Lipinski definition) is 1. The Kier molecular flexibility index (Phi) is 3.38. The lowest BCUT2D eigenvalue weighted by Gasteiger charge is -2.52. The molecule has 1 atom stereocenters. The Labute approximate surface area is 144 Å². The molecular formula is C17H19N3O5. The van der Waals surface area contributed by atoms with Gasteiger partial charge in [0.1, 0.15) is 5.75 Å². The fourth-order valence-corrected chi connectivity index (χ4v) is 3.71. The molecule has 0 bridgehead atoms. The van der Waals surface area contributed by atoms with E-state index in [0.29, 0.717) is 43.2 Å². The summed E-state index contributed by atoms with van der Waals surface area (Å²) in [6.07, 6.45) is 1.14. The molecule has 0 amide bonds. The number of fused-ring (bicyclic) bond motifs is 1. The summed E-state index contributed by atoms with van der Waals surface area (Å²) in [4.78, 5) is 30.1. The second kappa shape index (κ2) is 5.37. The van der Waals surface area contributed by atoms with Gasteiger partial charge in [-0.15, -0.1) is 0 Å². The standard InChI is InChI=1S/C17H19N3O5/c1-3-8-16(15-18-9-10-19-15)17(24-13(21)14(22)25-17)20(2)11-6-4-5-7-12(11)23-16/h4-7H,3,8-10H2,1-2H3,(H,18,19). The predicted octanol–water partition coefficient (Wildman–Crippen LogP) is 0.810. The molecule has 1 N–H and O–H groups in total. The number of hydrogen-bond acceptors (Lipinski definition) is 8. The van der Waals surface area contributed by atoms with E-state index in [1.165, 1.54) is 0 Å². The van der Waals surface area contributed by atoms with Gasteiger partial charge in [-0.05, 0) is 12.1 Å². The number of amidine groups is 1. The molecule has 4 rings (SSSR count). The fraction of sp³-hybridized carbons (Fsp3) is 0.471. The van der Waals surface area contributed by atoms with Crippen LogP contribution >= 0.6 is 0 Å². The van der Waals surface area contributed by atoms with Crippen LogP contribution in [0.4, 0.5) is 5.69 Å². The number of anilines is 1. The number of ether oxygens (including phenoxy) is 3. The third-order valence-corrected chi connectivity index (χ3v) is 4.75. The van der Waals surface area contributed by atoms with E-state index in [0.717, 1.165) is 0 Å². The van der Waals surface area contributed by atoms with Gasteiger partial charge in [0.15, 0.2) is 5.84 Å². The SMILES string of the molecule is CCCC1(C2=NCCN2)Oc2ccccc2N(C)C12OC(=O)C(=O)O2. The maximum absolute atomic E-state index is 12.0. The Bertz CT molecular complexity index is 761. The highest BCUT2D eigenvalue weighted by atomic mass is 16.8. The molecule has 3 aliphatic rings. The summed E-state index contributed by atoms with van der Waals surface area (Å²) in [7, 11) is 1.72. The number of likely N-dealkylation sites (N-methyl/N-ethyl adjacent to an activating group) is 1. The zero-order valence-corrected chi connectivity index (χ0v) is 14.1. The lowest BCUT2D eigenvalue weighted by Crippen LogP contribution is -2.74. The first kappa shape index (κ1) is 15.7. The van der Waals surface area contributed by atoms with Crippen LogP contribution in [-0.2, 0) is 19.1 Å². The number of rotatable bonds is 3. The van der Waals surface area contributed by atoms with Crippen molar-refractivity contribution < 1.29 is 23.8 Å². The van der Waals surface area contributed by atoms with E-state index in [2.05, 4.69) is 10.3 Å². The maximum Gasteiger partial charge on any atom is 0.422 e. The van der Waals surface area contributed by atoms with Gasteiger partial charge in [-0.3, -0.25) is 9.89 Å². The highest BCUT2D eigenvalue weighted by Crippen LogP contribution is 2.50. The molecule has 1 saturated heterocycles. The first-order valence-electron chi connectivity index (χ1n) is 8.31. The van der Waals surface area contributed by atoms with Crippen molar-refractivity contribution in [2.75, 3.05) is 25.0 Å². The van der Waals surface area contributed by atoms with Crippen LogP contribution < -0.4 is 15.0 Å². The second-order valence-electron chi connectivity index (χ2n) is 6.22. The first-order valence-corrected chi connectivity index (χ1v) is 8.31. The summed E-state index contributed by atoms with van der Waals surface area (Å²) in [5.41, 5.74) is -0.598. The number of benzene rings is 1. The molecule has 8 nitrogen and oxygen atoms in total. The third kappa shape index (κ3) is 1.96. The molecule has 3 heterocycles. The van der Waals surface area contributed by atoms with Gasteiger partial charge in [-0.1, -0.05) is 25.5 Å². The maximum atomic E-state index is 12.0. The minimum absolute atomic E-state index is 0.443. The summed E-state index contributed by atoms with van der Waals surface area (Å²) < 4.78 is 17.4. The summed E-state index contributed by atoms with van der Waals surface area (Å²) in [5.74, 6) is -2.66. The molecule has 0 aliphatic carbocycles. The van der Waals surface area contributed by atoms with Crippen molar-refractivity contribution in [1.82, 2.24) is 5.32 Å². The highest BCUT2D eigenvalue weighted by molar-refractivity contribution is 6.31. The number of esters is 2. The Morgan fingerprint density at radius 3 is 2.56 bits per heavy atom. The summed E-state index contributed by atoms with van der Waals surface area (Å²) in [6.45, 7) is 3.20. The number of nitrogens with one attached hydrogen (secondary N) is 1. The van der Waals surface area contributed by atoms with E-state index in [4.69, 9.17) is 14.2 Å². The van der Waals surface area contributed by atoms with E-state index < -0.39 is 23.5 Å². The van der Waals surface area contributed by atoms with E-state index in [-0.39, 0.29) is 0 Å². The van der Waals surface area contributed by atoms with Gasteiger partial charge in [0.05, 0.1) is 12.2 Å². The molecule has 0 radical (unpaired) electrons. The number of carbonyl (C=O) groups excluding carboxylic acids is 2. The zero-order valence-electron chi connectivity index (χ0n) is 14.1. The molecule has 8 heteroatoms. The van der Waals surface area contributed by atoms with Crippen molar-refractivity contribution in [2.24, 2.45) is 4.99 Å². The van der Waals surface area contributed by atoms with Gasteiger partial charge in [0.2, 0.25) is 0 Å². The smallest absolute Gasteiger partial charge is 0.422 e. The van der Waals surface area contributed by atoms with E-state index in [9.17, 15) is 9.59 Å². The van der Waals surface area contributed by atoms with Crippen LogP contribution in [0, 0.1) is 0 Å². The molecule has 1 unspecified atom stereocenters. The number of nitrogens with zero attached hydrogens (tertiary/aromatic N) is 2. The minimum Gasteiger partial charge on any atom is -0.466 e. The van der Waals surface area contributed by atoms with Crippen molar-refractivity contribution in [3.8, 4) is 5.75 Å². The molecule has 0 aromatic heterocycles. The normalized spacial score (nSPS) is 26.5. The summed E-state index contributed by atoms with van der Waals surface area (Å²) in [5, 5.41) is 3.20. The van der Waals surface area contributed by atoms with Crippen LogP contribution in [0.15, 0.2) is 29.3 Å². The van der Waals surface area contributed by atoms with Gasteiger partial charge in [-0.2, -0.15) is 0 Å². The summed E-state index contributed by atoms with van der Waals surface area (Å²) >= 11 is 0. The average Bonchev–Trinajstić information content (AvgIpc) is 3.23. The molecule has 132 valence electrons. The Hall–Kier alpha value is -2.77. The zero-order chi connectivity index (χ0) is 17.7. The largest absolute Gasteiger partial charge is 0.466 e. The van der Waals surface area contributed by atoms with Crippen molar-refractivity contribution in [2.45, 2.75) is 31.3 Å². The second-order valence-corrected chi connectivity index (χ2v) is 6.22.